The molecule has 1 fully saturated rings. The monoisotopic (exact) mass is 404 g/mol. The van der Waals surface area contributed by atoms with E-state index in [1.54, 1.807) is 21.6 Å². The number of nitrogens with zero attached hydrogens (tertiary/aromatic N) is 8. The first-order chi connectivity index (χ1) is 13.4. The van der Waals surface area contributed by atoms with Crippen LogP contribution in [0.15, 0.2) is 29.7 Å². The van der Waals surface area contributed by atoms with E-state index in [1.807, 2.05) is 32.9 Å². The molecular weight excluding hydrogens is 380 g/mol. The molecule has 0 radical (unpaired) electrons. The van der Waals surface area contributed by atoms with Gasteiger partial charge in [0.1, 0.15) is 5.82 Å². The summed E-state index contributed by atoms with van der Waals surface area (Å²) < 4.78 is 31.0. The molecule has 10 nitrogen and oxygen atoms in total. The van der Waals surface area contributed by atoms with Gasteiger partial charge in [0, 0.05) is 38.4 Å². The van der Waals surface area contributed by atoms with Crippen LogP contribution in [0.5, 0.6) is 0 Å². The van der Waals surface area contributed by atoms with E-state index in [-0.39, 0.29) is 11.1 Å². The predicted octanol–water partition coefficient (Wildman–Crippen LogP) is 1.11. The summed E-state index contributed by atoms with van der Waals surface area (Å²) in [4.78, 5) is 6.22. The lowest BCUT2D eigenvalue weighted by molar-refractivity contribution is 0.431. The second-order valence-corrected chi connectivity index (χ2v) is 9.09. The van der Waals surface area contributed by atoms with Crippen LogP contribution in [-0.2, 0) is 10.0 Å². The molecule has 3 aromatic heterocycles. The molecule has 1 aliphatic heterocycles. The van der Waals surface area contributed by atoms with Crippen LogP contribution < -0.4 is 4.90 Å². The highest BCUT2D eigenvalue weighted by atomic mass is 32.2. The first-order valence-electron chi connectivity index (χ1n) is 9.34. The van der Waals surface area contributed by atoms with Crippen molar-refractivity contribution in [2.24, 2.45) is 0 Å². The Labute approximate surface area is 163 Å². The fourth-order valence-corrected chi connectivity index (χ4v) is 4.68. The molecule has 3 aromatic rings. The smallest absolute Gasteiger partial charge is 0.262 e. The third-order valence-electron chi connectivity index (χ3n) is 4.96. The summed E-state index contributed by atoms with van der Waals surface area (Å²) in [5.41, 5.74) is 0.695. The van der Waals surface area contributed by atoms with Crippen LogP contribution >= 0.6 is 0 Å². The van der Waals surface area contributed by atoms with Crippen LogP contribution in [-0.4, -0.2) is 68.3 Å². The van der Waals surface area contributed by atoms with Crippen LogP contribution in [0.1, 0.15) is 32.1 Å². The number of anilines is 1. The minimum atomic E-state index is -3.61. The minimum Gasteiger partial charge on any atom is -0.354 e. The molecule has 0 N–H and O–H groups in total. The first kappa shape index (κ1) is 18.8. The van der Waals surface area contributed by atoms with Gasteiger partial charge in [0.15, 0.2) is 16.5 Å². The summed E-state index contributed by atoms with van der Waals surface area (Å²) in [6.07, 6.45) is 3.89. The van der Waals surface area contributed by atoms with E-state index in [0.29, 0.717) is 31.7 Å². The zero-order valence-electron chi connectivity index (χ0n) is 16.2. The van der Waals surface area contributed by atoms with Gasteiger partial charge in [-0.05, 0) is 39.3 Å². The van der Waals surface area contributed by atoms with Crippen LogP contribution in [0, 0.1) is 6.92 Å². The summed E-state index contributed by atoms with van der Waals surface area (Å²) in [5, 5.41) is 12.8. The van der Waals surface area contributed by atoms with Crippen molar-refractivity contribution in [3.63, 3.8) is 0 Å². The SMILES string of the molecule is Cc1nnc2ccc(N3CCCN(S(=O)(=O)c4cn(C(C)C)cn4)CC3)nn12. The highest BCUT2D eigenvalue weighted by Gasteiger charge is 2.29. The molecule has 4 heterocycles. The number of fused-ring (bicyclic) bond motifs is 1. The summed E-state index contributed by atoms with van der Waals surface area (Å²) in [7, 11) is -3.61. The molecular formula is C17H24N8O2S. The first-order valence-corrected chi connectivity index (χ1v) is 10.8. The summed E-state index contributed by atoms with van der Waals surface area (Å²) in [5.74, 6) is 1.51. The van der Waals surface area contributed by atoms with Crippen molar-refractivity contribution in [1.29, 1.82) is 0 Å². The van der Waals surface area contributed by atoms with Crippen molar-refractivity contribution in [3.05, 3.63) is 30.5 Å². The fraction of sp³-hybridized carbons (Fsp3) is 0.529. The lowest BCUT2D eigenvalue weighted by atomic mass is 10.4. The Morgan fingerprint density at radius 3 is 2.64 bits per heavy atom. The maximum atomic E-state index is 13.0. The minimum absolute atomic E-state index is 0.106. The van der Waals surface area contributed by atoms with E-state index < -0.39 is 10.0 Å². The van der Waals surface area contributed by atoms with E-state index >= 15 is 0 Å². The molecule has 11 heteroatoms. The molecule has 0 atom stereocenters. The van der Waals surface area contributed by atoms with Crippen molar-refractivity contribution < 1.29 is 8.42 Å². The predicted molar refractivity (Wildman–Crippen MR) is 104 cm³/mol. The molecule has 150 valence electrons. The molecule has 28 heavy (non-hydrogen) atoms. The Hall–Kier alpha value is -2.53. The molecule has 0 amide bonds. The number of rotatable bonds is 4. The second kappa shape index (κ2) is 7.13. The van der Waals surface area contributed by atoms with Gasteiger partial charge < -0.3 is 9.47 Å². The van der Waals surface area contributed by atoms with Gasteiger partial charge in [-0.25, -0.2) is 13.4 Å². The topological polar surface area (TPSA) is 102 Å². The number of aryl methyl sites for hydroxylation is 1. The fourth-order valence-electron chi connectivity index (χ4n) is 3.28. The molecule has 0 bridgehead atoms. The van der Waals surface area contributed by atoms with E-state index in [0.717, 1.165) is 18.2 Å². The standard InChI is InChI=1S/C17H24N8O2S/c1-13(2)23-11-17(18-12-23)28(26,27)24-8-4-7-22(9-10-24)16-6-5-15-20-19-14(3)25(15)21-16/h5-6,11-13H,4,7-10H2,1-3H3. The third-order valence-corrected chi connectivity index (χ3v) is 6.75. The van der Waals surface area contributed by atoms with Crippen LogP contribution in [0.4, 0.5) is 5.82 Å². The van der Waals surface area contributed by atoms with Gasteiger partial charge in [0.25, 0.3) is 10.0 Å². The normalized spacial score (nSPS) is 16.8. The molecule has 0 aromatic carbocycles. The van der Waals surface area contributed by atoms with Crippen molar-refractivity contribution in [2.75, 3.05) is 31.1 Å². The Bertz CT molecular complexity index is 1090. The highest BCUT2D eigenvalue weighted by molar-refractivity contribution is 7.89. The molecule has 1 aliphatic rings. The van der Waals surface area contributed by atoms with Crippen molar-refractivity contribution in [2.45, 2.75) is 38.3 Å². The average Bonchev–Trinajstić information content (AvgIpc) is 3.23. The highest BCUT2D eigenvalue weighted by Crippen LogP contribution is 2.20. The quantitative estimate of drug-likeness (QED) is 0.642. The maximum absolute atomic E-state index is 13.0. The van der Waals surface area contributed by atoms with Crippen molar-refractivity contribution in [1.82, 2.24) is 33.7 Å². The molecule has 1 saturated heterocycles. The van der Waals surface area contributed by atoms with Crippen LogP contribution in [0.25, 0.3) is 5.65 Å². The molecule has 0 saturated carbocycles. The zero-order valence-corrected chi connectivity index (χ0v) is 17.0. The molecule has 4 rings (SSSR count). The largest absolute Gasteiger partial charge is 0.354 e. The van der Waals surface area contributed by atoms with E-state index in [9.17, 15) is 8.42 Å². The van der Waals surface area contributed by atoms with Crippen molar-refractivity contribution >= 4 is 21.5 Å². The zero-order chi connectivity index (χ0) is 19.9. The summed E-state index contributed by atoms with van der Waals surface area (Å²) >= 11 is 0. The molecule has 0 unspecified atom stereocenters. The van der Waals surface area contributed by atoms with Crippen molar-refractivity contribution in [3.8, 4) is 0 Å². The van der Waals surface area contributed by atoms with E-state index in [4.69, 9.17) is 0 Å². The van der Waals surface area contributed by atoms with Gasteiger partial charge in [-0.2, -0.15) is 8.82 Å². The number of aromatic nitrogens is 6. The van der Waals surface area contributed by atoms with E-state index in [1.165, 1.54) is 4.31 Å². The molecule has 0 aliphatic carbocycles. The van der Waals surface area contributed by atoms with Gasteiger partial charge >= 0.3 is 0 Å². The Balaban J connectivity index is 1.53. The Morgan fingerprint density at radius 1 is 1.07 bits per heavy atom. The Morgan fingerprint density at radius 2 is 1.89 bits per heavy atom. The van der Waals surface area contributed by atoms with Crippen LogP contribution in [0.3, 0.4) is 0 Å². The van der Waals surface area contributed by atoms with Gasteiger partial charge in [0.05, 0.1) is 6.33 Å². The van der Waals surface area contributed by atoms with Gasteiger partial charge in [-0.3, -0.25) is 0 Å². The average molecular weight is 405 g/mol. The van der Waals surface area contributed by atoms with Gasteiger partial charge in [-0.1, -0.05) is 0 Å². The number of hydrogen-bond acceptors (Lipinski definition) is 7. The summed E-state index contributed by atoms with van der Waals surface area (Å²) in [6.45, 7) is 7.96. The third kappa shape index (κ3) is 3.35. The lowest BCUT2D eigenvalue weighted by Crippen LogP contribution is -2.35. The van der Waals surface area contributed by atoms with Gasteiger partial charge in [-0.15, -0.1) is 15.3 Å². The van der Waals surface area contributed by atoms with Gasteiger partial charge in [0.2, 0.25) is 0 Å². The Kier molecular flexibility index (Phi) is 4.79. The van der Waals surface area contributed by atoms with E-state index in [2.05, 4.69) is 25.2 Å². The number of hydrogen-bond donors (Lipinski definition) is 0. The summed E-state index contributed by atoms with van der Waals surface area (Å²) in [6, 6.07) is 3.94. The van der Waals surface area contributed by atoms with Crippen LogP contribution in [0.2, 0.25) is 0 Å². The maximum Gasteiger partial charge on any atom is 0.262 e. The molecule has 0 spiro atoms. The number of imidazole rings is 1. The lowest BCUT2D eigenvalue weighted by Gasteiger charge is -2.22. The second-order valence-electron chi connectivity index (χ2n) is 7.21. The number of sulfonamides is 1.